The first kappa shape index (κ1) is 28.5. The van der Waals surface area contributed by atoms with E-state index in [1.165, 1.54) is 5.56 Å². The molecule has 208 valence electrons. The maximum atomic E-state index is 13.4. The largest absolute Gasteiger partial charge is 0.304 e. The van der Waals surface area contributed by atoms with Crippen molar-refractivity contribution in [2.45, 2.75) is 54.5 Å². The summed E-state index contributed by atoms with van der Waals surface area (Å²) in [6, 6.07) is 9.84. The Morgan fingerprint density at radius 3 is 2.28 bits per heavy atom. The smallest absolute Gasteiger partial charge is 0.269 e. The van der Waals surface area contributed by atoms with Crippen LogP contribution in [-0.4, -0.2) is 75.1 Å². The molecule has 1 aliphatic rings. The van der Waals surface area contributed by atoms with Crippen LogP contribution < -0.4 is 10.4 Å². The molecule has 39 heavy (non-hydrogen) atoms. The monoisotopic (exact) mass is 531 g/mol. The van der Waals surface area contributed by atoms with E-state index < -0.39 is 0 Å². The minimum Gasteiger partial charge on any atom is -0.304 e. The molecule has 1 aliphatic heterocycles. The van der Waals surface area contributed by atoms with Crippen molar-refractivity contribution in [2.75, 3.05) is 44.8 Å². The number of carbonyl (C=O) groups excluding carboxylic acids is 1. The minimum absolute atomic E-state index is 0.0112. The van der Waals surface area contributed by atoms with Crippen LogP contribution in [0.2, 0.25) is 0 Å². The van der Waals surface area contributed by atoms with Crippen molar-refractivity contribution in [3.8, 4) is 6.07 Å². The zero-order chi connectivity index (χ0) is 28.4. The molecule has 0 radical (unpaired) electrons. The third-order valence-electron chi connectivity index (χ3n) is 6.57. The number of nitrogens with zero attached hydrogens (tertiary/aromatic N) is 8. The zero-order valence-corrected chi connectivity index (χ0v) is 24.3. The molecule has 0 saturated carbocycles. The van der Waals surface area contributed by atoms with Crippen molar-refractivity contribution in [2.24, 2.45) is 10.8 Å². The number of likely N-dealkylation sites (N-methyl/N-ethyl adjacent to an activating group) is 1. The van der Waals surface area contributed by atoms with Gasteiger partial charge in [-0.05, 0) is 42.0 Å². The Bertz CT molecular complexity index is 1330. The summed E-state index contributed by atoms with van der Waals surface area (Å²) in [5.74, 6) is 0.138. The molecular formula is C29H41N9O. The quantitative estimate of drug-likeness (QED) is 0.462. The molecule has 1 saturated heterocycles. The van der Waals surface area contributed by atoms with Crippen LogP contribution in [0.3, 0.4) is 0 Å². The Balaban J connectivity index is 1.60. The molecule has 1 amide bonds. The highest BCUT2D eigenvalue weighted by molar-refractivity contribution is 5.95. The zero-order valence-electron chi connectivity index (χ0n) is 24.3. The second-order valence-electron chi connectivity index (χ2n) is 13.0. The lowest BCUT2D eigenvalue weighted by Gasteiger charge is -2.32. The highest BCUT2D eigenvalue weighted by atomic mass is 16.2. The van der Waals surface area contributed by atoms with Crippen molar-refractivity contribution < 1.29 is 4.79 Å². The summed E-state index contributed by atoms with van der Waals surface area (Å²) in [5, 5.41) is 15.9. The molecule has 3 aromatic rings. The number of benzene rings is 1. The van der Waals surface area contributed by atoms with Crippen LogP contribution in [0.4, 0.5) is 5.95 Å². The number of aromatic nitrogens is 4. The molecule has 0 aliphatic carbocycles. The fourth-order valence-electron chi connectivity index (χ4n) is 4.68. The lowest BCUT2D eigenvalue weighted by Crippen LogP contribution is -2.48. The Labute approximate surface area is 231 Å². The standard InChI is InChI=1S/C29H41N9O/c1-28(2,3)16-23-18-31-38-25(23)32-24(17-30)33-27(38)37(20-29(4,5)6)34-26(39)22-10-8-21(9-11-22)19-36-14-12-35(7)13-15-36/h8-11,18H,12-16,19-20H2,1-7H3,(H,34,39). The van der Waals surface area contributed by atoms with Gasteiger partial charge in [-0.15, -0.1) is 0 Å². The van der Waals surface area contributed by atoms with Crippen molar-refractivity contribution in [1.82, 2.24) is 34.8 Å². The summed E-state index contributed by atoms with van der Waals surface area (Å²) >= 11 is 0. The summed E-state index contributed by atoms with van der Waals surface area (Å²) in [6.07, 6.45) is 2.51. The predicted molar refractivity (Wildman–Crippen MR) is 152 cm³/mol. The Morgan fingerprint density at radius 1 is 1.03 bits per heavy atom. The lowest BCUT2D eigenvalue weighted by atomic mass is 9.89. The number of amides is 1. The Kier molecular flexibility index (Phi) is 8.23. The van der Waals surface area contributed by atoms with Crippen LogP contribution in [0.1, 0.15) is 68.9 Å². The van der Waals surface area contributed by atoms with Gasteiger partial charge in [-0.1, -0.05) is 53.7 Å². The summed E-state index contributed by atoms with van der Waals surface area (Å²) in [4.78, 5) is 27.1. The number of nitriles is 1. The first-order valence-electron chi connectivity index (χ1n) is 13.5. The number of anilines is 1. The molecule has 4 rings (SSSR count). The van der Waals surface area contributed by atoms with Crippen LogP contribution in [0.25, 0.3) is 5.65 Å². The highest BCUT2D eigenvalue weighted by Gasteiger charge is 2.26. The number of piperazine rings is 1. The lowest BCUT2D eigenvalue weighted by molar-refractivity contribution is 0.0944. The Morgan fingerprint density at radius 2 is 1.69 bits per heavy atom. The molecule has 3 heterocycles. The van der Waals surface area contributed by atoms with Gasteiger partial charge >= 0.3 is 0 Å². The maximum Gasteiger partial charge on any atom is 0.269 e. The molecule has 1 aromatic carbocycles. The summed E-state index contributed by atoms with van der Waals surface area (Å²) < 4.78 is 1.62. The van der Waals surface area contributed by atoms with Gasteiger partial charge in [-0.3, -0.25) is 20.1 Å². The van der Waals surface area contributed by atoms with E-state index in [2.05, 4.69) is 85.0 Å². The number of hydrazine groups is 1. The van der Waals surface area contributed by atoms with E-state index in [1.54, 1.807) is 15.7 Å². The number of carbonyl (C=O) groups is 1. The van der Waals surface area contributed by atoms with Gasteiger partial charge in [-0.25, -0.2) is 0 Å². The van der Waals surface area contributed by atoms with Crippen molar-refractivity contribution in [1.29, 1.82) is 5.26 Å². The maximum absolute atomic E-state index is 13.4. The summed E-state index contributed by atoms with van der Waals surface area (Å²) in [7, 11) is 2.15. The molecule has 0 unspecified atom stereocenters. The van der Waals surface area contributed by atoms with E-state index >= 15 is 0 Å². The van der Waals surface area contributed by atoms with Gasteiger partial charge in [0.25, 0.3) is 5.91 Å². The topological polar surface area (TPSA) is 106 Å². The molecule has 0 atom stereocenters. The molecule has 0 spiro atoms. The second kappa shape index (κ2) is 11.3. The fraction of sp³-hybridized carbons (Fsp3) is 0.552. The fourth-order valence-corrected chi connectivity index (χ4v) is 4.68. The highest BCUT2D eigenvalue weighted by Crippen LogP contribution is 2.26. The van der Waals surface area contributed by atoms with Gasteiger partial charge in [0.15, 0.2) is 5.65 Å². The van der Waals surface area contributed by atoms with Crippen LogP contribution in [-0.2, 0) is 13.0 Å². The average Bonchev–Trinajstić information content (AvgIpc) is 3.25. The molecule has 1 N–H and O–H groups in total. The van der Waals surface area contributed by atoms with Gasteiger partial charge < -0.3 is 4.90 Å². The van der Waals surface area contributed by atoms with E-state index in [0.717, 1.165) is 44.7 Å². The summed E-state index contributed by atoms with van der Waals surface area (Å²) in [6.45, 7) is 18.2. The van der Waals surface area contributed by atoms with Crippen LogP contribution in [0.15, 0.2) is 30.5 Å². The van der Waals surface area contributed by atoms with E-state index in [-0.39, 0.29) is 22.6 Å². The van der Waals surface area contributed by atoms with Crippen molar-refractivity contribution in [3.05, 3.63) is 53.0 Å². The first-order valence-corrected chi connectivity index (χ1v) is 13.5. The molecule has 10 heteroatoms. The number of rotatable bonds is 7. The normalized spacial score (nSPS) is 15.3. The molecule has 2 aromatic heterocycles. The van der Waals surface area contributed by atoms with E-state index in [9.17, 15) is 10.1 Å². The number of nitrogens with one attached hydrogen (secondary N) is 1. The molecule has 1 fully saturated rings. The first-order chi connectivity index (χ1) is 18.3. The average molecular weight is 532 g/mol. The van der Waals surface area contributed by atoms with E-state index in [0.29, 0.717) is 23.7 Å². The van der Waals surface area contributed by atoms with Crippen molar-refractivity contribution >= 4 is 17.5 Å². The number of hydrogen-bond donors (Lipinski definition) is 1. The van der Waals surface area contributed by atoms with E-state index in [1.807, 2.05) is 24.3 Å². The molecule has 10 nitrogen and oxygen atoms in total. The summed E-state index contributed by atoms with van der Waals surface area (Å²) in [5.41, 5.74) is 6.09. The van der Waals surface area contributed by atoms with Crippen LogP contribution >= 0.6 is 0 Å². The third-order valence-corrected chi connectivity index (χ3v) is 6.57. The van der Waals surface area contributed by atoms with Crippen LogP contribution in [0, 0.1) is 22.2 Å². The molecular weight excluding hydrogens is 490 g/mol. The predicted octanol–water partition coefficient (Wildman–Crippen LogP) is 3.53. The SMILES string of the molecule is CN1CCN(Cc2ccc(C(=O)NN(CC(C)(C)C)c3nc(C#N)nc4c(CC(C)(C)C)cnn34)cc2)CC1. The van der Waals surface area contributed by atoms with Crippen LogP contribution in [0.5, 0.6) is 0 Å². The van der Waals surface area contributed by atoms with E-state index in [4.69, 9.17) is 0 Å². The van der Waals surface area contributed by atoms with Crippen molar-refractivity contribution in [3.63, 3.8) is 0 Å². The number of hydrogen-bond acceptors (Lipinski definition) is 8. The van der Waals surface area contributed by atoms with Gasteiger partial charge in [0, 0.05) is 50.4 Å². The number of fused-ring (bicyclic) bond motifs is 1. The van der Waals surface area contributed by atoms with Gasteiger partial charge in [0.2, 0.25) is 11.8 Å². The van der Waals surface area contributed by atoms with Gasteiger partial charge in [-0.2, -0.15) is 24.8 Å². The third kappa shape index (κ3) is 7.52. The van der Waals surface area contributed by atoms with Gasteiger partial charge in [0.05, 0.1) is 6.20 Å². The minimum atomic E-state index is -0.252. The second-order valence-corrected chi connectivity index (χ2v) is 13.0. The Hall–Kier alpha value is -3.55. The van der Waals surface area contributed by atoms with Gasteiger partial charge in [0.1, 0.15) is 6.07 Å². The molecule has 0 bridgehead atoms.